The Labute approximate surface area is 120 Å². The van der Waals surface area contributed by atoms with Gasteiger partial charge in [-0.25, -0.2) is 0 Å². The lowest BCUT2D eigenvalue weighted by atomic mass is 10.1. The standard InChI is InChI=1S/C15H23NO2S/c1-4-5-11(2)16-10-12-8-13-14(9-15(12)19-3)18-7-6-17-13/h8-9,11,16H,4-7,10H2,1-3H3. The number of benzene rings is 1. The smallest absolute Gasteiger partial charge is 0.162 e. The fourth-order valence-corrected chi connectivity index (χ4v) is 2.88. The van der Waals surface area contributed by atoms with Gasteiger partial charge in [-0.3, -0.25) is 0 Å². The van der Waals surface area contributed by atoms with Gasteiger partial charge in [-0.1, -0.05) is 13.3 Å². The average molecular weight is 281 g/mol. The van der Waals surface area contributed by atoms with Crippen LogP contribution in [0.5, 0.6) is 11.5 Å². The Morgan fingerprint density at radius 3 is 2.58 bits per heavy atom. The third kappa shape index (κ3) is 3.80. The molecule has 3 nitrogen and oxygen atoms in total. The molecule has 0 amide bonds. The van der Waals surface area contributed by atoms with E-state index in [1.165, 1.54) is 23.3 Å². The van der Waals surface area contributed by atoms with Gasteiger partial charge in [0.2, 0.25) is 0 Å². The Morgan fingerprint density at radius 2 is 1.95 bits per heavy atom. The highest BCUT2D eigenvalue weighted by Crippen LogP contribution is 2.36. The molecule has 0 bridgehead atoms. The summed E-state index contributed by atoms with van der Waals surface area (Å²) in [6.45, 7) is 6.63. The number of nitrogens with one attached hydrogen (secondary N) is 1. The van der Waals surface area contributed by atoms with Crippen molar-refractivity contribution in [2.75, 3.05) is 19.5 Å². The molecule has 0 saturated heterocycles. The molecular formula is C15H23NO2S. The van der Waals surface area contributed by atoms with E-state index in [0.717, 1.165) is 18.0 Å². The minimum atomic E-state index is 0.549. The van der Waals surface area contributed by atoms with Crippen LogP contribution in [0.25, 0.3) is 0 Å². The maximum absolute atomic E-state index is 5.66. The highest BCUT2D eigenvalue weighted by Gasteiger charge is 2.15. The average Bonchev–Trinajstić information content (AvgIpc) is 2.44. The summed E-state index contributed by atoms with van der Waals surface area (Å²) in [5, 5.41) is 3.57. The van der Waals surface area contributed by atoms with Crippen molar-refractivity contribution in [1.82, 2.24) is 5.32 Å². The molecule has 19 heavy (non-hydrogen) atoms. The van der Waals surface area contributed by atoms with Crippen LogP contribution in [0, 0.1) is 0 Å². The second-order valence-corrected chi connectivity index (χ2v) is 5.73. The van der Waals surface area contributed by atoms with E-state index in [9.17, 15) is 0 Å². The zero-order chi connectivity index (χ0) is 13.7. The number of hydrogen-bond donors (Lipinski definition) is 1. The normalized spacial score (nSPS) is 15.3. The van der Waals surface area contributed by atoms with Gasteiger partial charge in [0, 0.05) is 17.5 Å². The molecule has 0 saturated carbocycles. The SMILES string of the molecule is CCCC(C)NCc1cc2c(cc1SC)OCCO2. The maximum atomic E-state index is 5.66. The number of rotatable bonds is 6. The van der Waals surface area contributed by atoms with Gasteiger partial charge in [0.15, 0.2) is 11.5 Å². The monoisotopic (exact) mass is 281 g/mol. The molecule has 4 heteroatoms. The van der Waals surface area contributed by atoms with Gasteiger partial charge in [0.25, 0.3) is 0 Å². The second kappa shape index (κ2) is 7.06. The van der Waals surface area contributed by atoms with Crippen molar-refractivity contribution in [1.29, 1.82) is 0 Å². The third-order valence-electron chi connectivity index (χ3n) is 3.31. The fourth-order valence-electron chi connectivity index (χ4n) is 2.26. The first-order chi connectivity index (χ1) is 9.24. The first kappa shape index (κ1) is 14.5. The van der Waals surface area contributed by atoms with Crippen molar-refractivity contribution in [2.24, 2.45) is 0 Å². The van der Waals surface area contributed by atoms with Gasteiger partial charge in [0.05, 0.1) is 0 Å². The Bertz CT molecular complexity index is 423. The van der Waals surface area contributed by atoms with E-state index in [1.807, 2.05) is 0 Å². The predicted octanol–water partition coefficient (Wildman–Crippen LogP) is 3.46. The van der Waals surface area contributed by atoms with E-state index in [0.29, 0.717) is 19.3 Å². The van der Waals surface area contributed by atoms with Crippen LogP contribution in [-0.4, -0.2) is 25.5 Å². The summed E-state index contributed by atoms with van der Waals surface area (Å²) >= 11 is 1.76. The van der Waals surface area contributed by atoms with E-state index in [1.54, 1.807) is 11.8 Å². The molecule has 1 N–H and O–H groups in total. The van der Waals surface area contributed by atoms with Crippen molar-refractivity contribution >= 4 is 11.8 Å². The van der Waals surface area contributed by atoms with E-state index in [4.69, 9.17) is 9.47 Å². The fraction of sp³-hybridized carbons (Fsp3) is 0.600. The van der Waals surface area contributed by atoms with Crippen LogP contribution in [0.3, 0.4) is 0 Å². The van der Waals surface area contributed by atoms with Crippen LogP contribution in [0.2, 0.25) is 0 Å². The molecule has 0 spiro atoms. The van der Waals surface area contributed by atoms with Crippen LogP contribution in [0.15, 0.2) is 17.0 Å². The molecular weight excluding hydrogens is 258 g/mol. The summed E-state index contributed by atoms with van der Waals surface area (Å²) in [4.78, 5) is 1.26. The predicted molar refractivity (Wildman–Crippen MR) is 80.4 cm³/mol. The number of fused-ring (bicyclic) bond motifs is 1. The zero-order valence-corrected chi connectivity index (χ0v) is 12.8. The van der Waals surface area contributed by atoms with E-state index in [-0.39, 0.29) is 0 Å². The van der Waals surface area contributed by atoms with Crippen molar-refractivity contribution in [3.8, 4) is 11.5 Å². The number of thioether (sulfide) groups is 1. The highest BCUT2D eigenvalue weighted by atomic mass is 32.2. The summed E-state index contributed by atoms with van der Waals surface area (Å²) in [6.07, 6.45) is 4.52. The van der Waals surface area contributed by atoms with Gasteiger partial charge in [0.1, 0.15) is 13.2 Å². The summed E-state index contributed by atoms with van der Waals surface area (Å²) in [6, 6.07) is 4.76. The first-order valence-corrected chi connectivity index (χ1v) is 8.17. The molecule has 1 aliphatic heterocycles. The summed E-state index contributed by atoms with van der Waals surface area (Å²) in [5.41, 5.74) is 1.29. The van der Waals surface area contributed by atoms with E-state index in [2.05, 4.69) is 37.6 Å². The van der Waals surface area contributed by atoms with Crippen molar-refractivity contribution < 1.29 is 9.47 Å². The van der Waals surface area contributed by atoms with Crippen LogP contribution in [0.4, 0.5) is 0 Å². The lowest BCUT2D eigenvalue weighted by molar-refractivity contribution is 0.171. The molecule has 1 aliphatic rings. The third-order valence-corrected chi connectivity index (χ3v) is 4.13. The van der Waals surface area contributed by atoms with E-state index < -0.39 is 0 Å². The molecule has 0 radical (unpaired) electrons. The minimum absolute atomic E-state index is 0.549. The summed E-state index contributed by atoms with van der Waals surface area (Å²) in [5.74, 6) is 1.75. The van der Waals surface area contributed by atoms with Crippen LogP contribution >= 0.6 is 11.8 Å². The quantitative estimate of drug-likeness (QED) is 0.809. The summed E-state index contributed by atoms with van der Waals surface area (Å²) in [7, 11) is 0. The van der Waals surface area contributed by atoms with Crippen LogP contribution in [0.1, 0.15) is 32.3 Å². The molecule has 1 aromatic carbocycles. The van der Waals surface area contributed by atoms with Gasteiger partial charge < -0.3 is 14.8 Å². The Kier molecular flexibility index (Phi) is 5.40. The van der Waals surface area contributed by atoms with E-state index >= 15 is 0 Å². The Morgan fingerprint density at radius 1 is 1.26 bits per heavy atom. The molecule has 1 unspecified atom stereocenters. The molecule has 0 fully saturated rings. The zero-order valence-electron chi connectivity index (χ0n) is 12.0. The van der Waals surface area contributed by atoms with Gasteiger partial charge in [-0.15, -0.1) is 11.8 Å². The first-order valence-electron chi connectivity index (χ1n) is 6.94. The molecule has 1 atom stereocenters. The molecule has 2 rings (SSSR count). The van der Waals surface area contributed by atoms with Gasteiger partial charge in [-0.2, -0.15) is 0 Å². The largest absolute Gasteiger partial charge is 0.486 e. The van der Waals surface area contributed by atoms with Crippen molar-refractivity contribution in [3.63, 3.8) is 0 Å². The number of ether oxygens (including phenoxy) is 2. The second-order valence-electron chi connectivity index (χ2n) is 4.88. The lowest BCUT2D eigenvalue weighted by Crippen LogP contribution is -2.25. The Hall–Kier alpha value is -0.870. The molecule has 0 aliphatic carbocycles. The minimum Gasteiger partial charge on any atom is -0.486 e. The van der Waals surface area contributed by atoms with Crippen LogP contribution in [-0.2, 0) is 6.54 Å². The van der Waals surface area contributed by atoms with Gasteiger partial charge in [-0.05, 0) is 37.3 Å². The van der Waals surface area contributed by atoms with Crippen molar-refractivity contribution in [2.45, 2.75) is 44.2 Å². The number of hydrogen-bond acceptors (Lipinski definition) is 4. The lowest BCUT2D eigenvalue weighted by Gasteiger charge is -2.21. The molecule has 1 aromatic rings. The van der Waals surface area contributed by atoms with Crippen LogP contribution < -0.4 is 14.8 Å². The van der Waals surface area contributed by atoms with Crippen molar-refractivity contribution in [3.05, 3.63) is 17.7 Å². The Balaban J connectivity index is 2.10. The molecule has 0 aromatic heterocycles. The molecule has 1 heterocycles. The maximum Gasteiger partial charge on any atom is 0.162 e. The highest BCUT2D eigenvalue weighted by molar-refractivity contribution is 7.98. The molecule has 106 valence electrons. The summed E-state index contributed by atoms with van der Waals surface area (Å²) < 4.78 is 11.3. The van der Waals surface area contributed by atoms with Gasteiger partial charge >= 0.3 is 0 Å². The topological polar surface area (TPSA) is 30.5 Å².